The topological polar surface area (TPSA) is 104 Å². The minimum atomic E-state index is -3.04. The van der Waals surface area contributed by atoms with Gasteiger partial charge in [0.1, 0.15) is 22.7 Å². The maximum atomic E-state index is 13.5. The van der Waals surface area contributed by atoms with E-state index >= 15 is 0 Å². The molecule has 0 radical (unpaired) electrons. The molecule has 0 spiro atoms. The Bertz CT molecular complexity index is 1620. The van der Waals surface area contributed by atoms with Gasteiger partial charge in [0, 0.05) is 24.1 Å². The lowest BCUT2D eigenvalue weighted by Crippen LogP contribution is -2.21. The van der Waals surface area contributed by atoms with Crippen LogP contribution in [0.1, 0.15) is 6.92 Å². The summed E-state index contributed by atoms with van der Waals surface area (Å²) in [6, 6.07) is 17.0. The molecule has 3 heterocycles. The first kappa shape index (κ1) is 23.1. The van der Waals surface area contributed by atoms with Crippen molar-refractivity contribution < 1.29 is 18.3 Å². The largest absolute Gasteiger partial charge is 0.497 e. The summed E-state index contributed by atoms with van der Waals surface area (Å²) in [5, 5.41) is 8.09. The average Bonchev–Trinajstić information content (AvgIpc) is 3.22. The smallest absolute Gasteiger partial charge is 0.293 e. The maximum Gasteiger partial charge on any atom is 0.293 e. The first-order valence-electron chi connectivity index (χ1n) is 10.9. The van der Waals surface area contributed by atoms with Crippen LogP contribution in [-0.2, 0) is 0 Å². The summed E-state index contributed by atoms with van der Waals surface area (Å²) in [5.74, 6) is -1.69. The molecule has 3 aromatic heterocycles. The highest BCUT2D eigenvalue weighted by molar-refractivity contribution is 5.96. The van der Waals surface area contributed by atoms with Gasteiger partial charge in [0.05, 0.1) is 7.11 Å². The Balaban J connectivity index is 1.72. The standard InChI is InChI=1S/C25H20F2N6O3/c1-25(26,27)14-36-19-8-5-6-17-20(19)30-24(29-18-7-3-4-13-28-23(18)34)33-22(17)31-21(32-33)15-9-11-16(35-2)12-10-15/h3-13H,14H2,1-2H3,(H,28,29,30,34). The van der Waals surface area contributed by atoms with Crippen molar-refractivity contribution in [3.8, 4) is 22.9 Å². The number of nitrogens with zero attached hydrogens (tertiary/aromatic N) is 5. The second-order valence-corrected chi connectivity index (χ2v) is 8.02. The average molecular weight is 490 g/mol. The fraction of sp³-hybridized carbons (Fsp3) is 0.160. The van der Waals surface area contributed by atoms with Gasteiger partial charge in [0.15, 0.2) is 18.1 Å². The lowest BCUT2D eigenvalue weighted by molar-refractivity contribution is -0.0225. The Kier molecular flexibility index (Phi) is 5.88. The second-order valence-electron chi connectivity index (χ2n) is 8.02. The molecule has 1 N–H and O–H groups in total. The van der Waals surface area contributed by atoms with Crippen molar-refractivity contribution in [3.05, 3.63) is 77.2 Å². The van der Waals surface area contributed by atoms with Crippen LogP contribution < -0.4 is 20.3 Å². The van der Waals surface area contributed by atoms with Crippen molar-refractivity contribution in [2.24, 2.45) is 0 Å². The summed E-state index contributed by atoms with van der Waals surface area (Å²) < 4.78 is 39.1. The van der Waals surface area contributed by atoms with E-state index in [-0.39, 0.29) is 22.9 Å². The number of ether oxygens (including phenoxy) is 2. The van der Waals surface area contributed by atoms with Gasteiger partial charge in [-0.25, -0.2) is 23.7 Å². The first-order valence-corrected chi connectivity index (χ1v) is 10.9. The number of benzene rings is 2. The molecular formula is C25H20F2N6O3. The van der Waals surface area contributed by atoms with Crippen molar-refractivity contribution in [2.75, 3.05) is 19.0 Å². The van der Waals surface area contributed by atoms with Crippen molar-refractivity contribution in [2.45, 2.75) is 12.8 Å². The molecule has 0 saturated heterocycles. The van der Waals surface area contributed by atoms with Gasteiger partial charge >= 0.3 is 0 Å². The Hall–Kier alpha value is -4.67. The molecule has 5 rings (SSSR count). The first-order chi connectivity index (χ1) is 17.3. The summed E-state index contributed by atoms with van der Waals surface area (Å²) >= 11 is 0. The molecule has 0 unspecified atom stereocenters. The molecule has 11 heteroatoms. The number of methoxy groups -OCH3 is 1. The van der Waals surface area contributed by atoms with Crippen LogP contribution >= 0.6 is 0 Å². The number of anilines is 2. The van der Waals surface area contributed by atoms with Gasteiger partial charge < -0.3 is 14.8 Å². The summed E-state index contributed by atoms with van der Waals surface area (Å²) in [5.41, 5.74) is 1.02. The highest BCUT2D eigenvalue weighted by atomic mass is 19.3. The van der Waals surface area contributed by atoms with E-state index in [0.717, 1.165) is 6.92 Å². The van der Waals surface area contributed by atoms with Crippen LogP contribution in [0.5, 0.6) is 11.5 Å². The Morgan fingerprint density at radius 1 is 1.03 bits per heavy atom. The zero-order chi connectivity index (χ0) is 25.3. The SMILES string of the molecule is COc1ccc(-c2nc3c4cccc(OCC(C)(F)F)c4nc(Nc4ccccnc4=O)n3n2)cc1. The lowest BCUT2D eigenvalue weighted by atomic mass is 10.2. The van der Waals surface area contributed by atoms with Crippen LogP contribution in [0.3, 0.4) is 0 Å². The van der Waals surface area contributed by atoms with Crippen LogP contribution in [0.2, 0.25) is 0 Å². The molecule has 5 aromatic rings. The van der Waals surface area contributed by atoms with Crippen LogP contribution in [-0.4, -0.2) is 44.2 Å². The fourth-order valence-electron chi connectivity index (χ4n) is 3.54. The monoisotopic (exact) mass is 490 g/mol. The van der Waals surface area contributed by atoms with Gasteiger partial charge in [-0.15, -0.1) is 5.10 Å². The molecule has 0 fully saturated rings. The van der Waals surface area contributed by atoms with Gasteiger partial charge in [0.25, 0.3) is 11.5 Å². The molecule has 0 saturated carbocycles. The van der Waals surface area contributed by atoms with E-state index in [0.29, 0.717) is 28.2 Å². The zero-order valence-corrected chi connectivity index (χ0v) is 19.3. The third-order valence-electron chi connectivity index (χ3n) is 5.22. The molecule has 182 valence electrons. The highest BCUT2D eigenvalue weighted by Gasteiger charge is 2.24. The molecule has 36 heavy (non-hydrogen) atoms. The number of hydrogen-bond acceptors (Lipinski definition) is 8. The number of nitrogens with one attached hydrogen (secondary N) is 1. The molecule has 0 atom stereocenters. The van der Waals surface area contributed by atoms with E-state index in [1.807, 2.05) is 12.1 Å². The molecular weight excluding hydrogens is 470 g/mol. The number of alkyl halides is 2. The molecule has 0 aliphatic heterocycles. The van der Waals surface area contributed by atoms with Gasteiger partial charge in [-0.2, -0.15) is 4.52 Å². The van der Waals surface area contributed by atoms with Crippen molar-refractivity contribution in [1.82, 2.24) is 24.6 Å². The molecule has 0 amide bonds. The normalized spacial score (nSPS) is 11.6. The summed E-state index contributed by atoms with van der Waals surface area (Å²) in [7, 11) is 1.57. The minimum absolute atomic E-state index is 0.133. The van der Waals surface area contributed by atoms with E-state index in [2.05, 4.69) is 25.4 Å². The van der Waals surface area contributed by atoms with E-state index in [9.17, 15) is 13.6 Å². The molecule has 2 aromatic carbocycles. The zero-order valence-electron chi connectivity index (χ0n) is 19.3. The number of hydrogen-bond donors (Lipinski definition) is 1. The Morgan fingerprint density at radius 2 is 1.83 bits per heavy atom. The summed E-state index contributed by atoms with van der Waals surface area (Å²) in [6.07, 6.45) is 1.38. The lowest BCUT2D eigenvalue weighted by Gasteiger charge is -2.14. The maximum absolute atomic E-state index is 13.5. The fourth-order valence-corrected chi connectivity index (χ4v) is 3.54. The van der Waals surface area contributed by atoms with Crippen LogP contribution in [0.25, 0.3) is 27.9 Å². The van der Waals surface area contributed by atoms with Crippen LogP contribution in [0, 0.1) is 0 Å². The van der Waals surface area contributed by atoms with Gasteiger partial charge in [-0.05, 0) is 48.5 Å². The molecule has 0 bridgehead atoms. The number of para-hydroxylation sites is 1. The van der Waals surface area contributed by atoms with E-state index < -0.39 is 18.1 Å². The predicted molar refractivity (Wildman–Crippen MR) is 130 cm³/mol. The van der Waals surface area contributed by atoms with E-state index in [4.69, 9.17) is 9.47 Å². The van der Waals surface area contributed by atoms with Crippen LogP contribution in [0.4, 0.5) is 20.4 Å². The number of rotatable bonds is 7. The molecule has 9 nitrogen and oxygen atoms in total. The van der Waals surface area contributed by atoms with E-state index in [1.165, 1.54) is 10.7 Å². The predicted octanol–water partition coefficient (Wildman–Crippen LogP) is 4.49. The van der Waals surface area contributed by atoms with Gasteiger partial charge in [-0.3, -0.25) is 4.79 Å². The van der Waals surface area contributed by atoms with Crippen molar-refractivity contribution in [1.29, 1.82) is 0 Å². The summed E-state index contributed by atoms with van der Waals surface area (Å²) in [6.45, 7) is -0.0523. The minimum Gasteiger partial charge on any atom is -0.497 e. The van der Waals surface area contributed by atoms with Gasteiger partial charge in [0.2, 0.25) is 5.95 Å². The molecule has 0 aliphatic carbocycles. The van der Waals surface area contributed by atoms with Crippen molar-refractivity contribution in [3.63, 3.8) is 0 Å². The van der Waals surface area contributed by atoms with Crippen molar-refractivity contribution >= 4 is 28.2 Å². The number of fused-ring (bicyclic) bond motifs is 3. The highest BCUT2D eigenvalue weighted by Crippen LogP contribution is 2.31. The Labute approximate surface area is 203 Å². The van der Waals surface area contributed by atoms with Gasteiger partial charge in [-0.1, -0.05) is 12.1 Å². The van der Waals surface area contributed by atoms with Crippen LogP contribution in [0.15, 0.2) is 71.7 Å². The molecule has 0 aliphatic rings. The van der Waals surface area contributed by atoms with E-state index in [1.54, 1.807) is 55.6 Å². The Morgan fingerprint density at radius 3 is 2.58 bits per heavy atom. The third-order valence-corrected chi connectivity index (χ3v) is 5.22. The second kappa shape index (κ2) is 9.17. The number of aromatic nitrogens is 5. The number of halogens is 2. The third kappa shape index (κ3) is 4.63. The summed E-state index contributed by atoms with van der Waals surface area (Å²) in [4.78, 5) is 25.5. The quantitative estimate of drug-likeness (QED) is 0.356.